The number of carbonyl (C=O) groups is 1. The molecule has 1 amide bonds. The molecule has 0 radical (unpaired) electrons. The molecule has 17 heavy (non-hydrogen) atoms. The highest BCUT2D eigenvalue weighted by Crippen LogP contribution is 2.09. The Bertz CT molecular complexity index is 543. The van der Waals surface area contributed by atoms with E-state index >= 15 is 0 Å². The molecular formula is C13H16N2O2. The summed E-state index contributed by atoms with van der Waals surface area (Å²) in [5.41, 5.74) is 2.38. The molecule has 90 valence electrons. The van der Waals surface area contributed by atoms with Crippen LogP contribution in [-0.4, -0.2) is 16.7 Å². The van der Waals surface area contributed by atoms with Crippen LogP contribution in [0.2, 0.25) is 0 Å². The van der Waals surface area contributed by atoms with E-state index in [4.69, 9.17) is 4.74 Å². The molecule has 4 heteroatoms. The Morgan fingerprint density at radius 1 is 1.24 bits per heavy atom. The molecule has 0 aromatic heterocycles. The lowest BCUT2D eigenvalue weighted by molar-refractivity contribution is 0.0321. The average Bonchev–Trinajstić information content (AvgIpc) is 2.26. The summed E-state index contributed by atoms with van der Waals surface area (Å²) in [5.74, 6) is 0. The van der Waals surface area contributed by atoms with E-state index in [1.54, 1.807) is 12.4 Å². The maximum atomic E-state index is 11.8. The molecule has 0 unspecified atom stereocenters. The van der Waals surface area contributed by atoms with Crippen molar-refractivity contribution in [1.29, 1.82) is 0 Å². The quantitative estimate of drug-likeness (QED) is 0.723. The number of rotatable bonds is 0. The maximum absolute atomic E-state index is 11.8. The predicted molar refractivity (Wildman–Crippen MR) is 65.8 cm³/mol. The van der Waals surface area contributed by atoms with Crippen molar-refractivity contribution in [2.45, 2.75) is 26.4 Å². The molecule has 1 aliphatic rings. The van der Waals surface area contributed by atoms with Gasteiger partial charge < -0.3 is 4.74 Å². The summed E-state index contributed by atoms with van der Waals surface area (Å²) in [4.78, 5) is 11.8. The van der Waals surface area contributed by atoms with Gasteiger partial charge in [-0.3, -0.25) is 5.43 Å². The summed E-state index contributed by atoms with van der Waals surface area (Å²) in [6, 6.07) is 7.81. The summed E-state index contributed by atoms with van der Waals surface area (Å²) >= 11 is 0. The molecule has 1 aliphatic heterocycles. The number of hydrogen-bond donors (Lipinski definition) is 1. The van der Waals surface area contributed by atoms with Crippen molar-refractivity contribution in [2.75, 3.05) is 0 Å². The number of benzene rings is 1. The lowest BCUT2D eigenvalue weighted by Crippen LogP contribution is -2.46. The van der Waals surface area contributed by atoms with Gasteiger partial charge in [0.25, 0.3) is 0 Å². The Kier molecular flexibility index (Phi) is 2.79. The Morgan fingerprint density at radius 2 is 1.88 bits per heavy atom. The molecule has 0 spiro atoms. The largest absolute Gasteiger partial charge is 0.442 e. The van der Waals surface area contributed by atoms with Gasteiger partial charge in [0, 0.05) is 22.8 Å². The smallest absolute Gasteiger partial charge is 0.433 e. The number of nitrogens with one attached hydrogen (secondary N) is 1. The first kappa shape index (κ1) is 11.5. The molecule has 2 rings (SSSR count). The lowest BCUT2D eigenvalue weighted by atomic mass is 10.2. The summed E-state index contributed by atoms with van der Waals surface area (Å²) < 4.78 is 5.27. The van der Waals surface area contributed by atoms with Crippen LogP contribution in [-0.2, 0) is 4.74 Å². The zero-order valence-electron chi connectivity index (χ0n) is 10.2. The SMILES string of the molecule is CC(C)(C)OC(=O)N1C=c2ccccc2=CN1. The molecule has 0 saturated carbocycles. The van der Waals surface area contributed by atoms with E-state index in [0.29, 0.717) is 0 Å². The number of amides is 1. The number of hydrogen-bond acceptors (Lipinski definition) is 3. The summed E-state index contributed by atoms with van der Waals surface area (Å²) in [6.07, 6.45) is 3.09. The van der Waals surface area contributed by atoms with E-state index in [9.17, 15) is 4.79 Å². The van der Waals surface area contributed by atoms with E-state index in [1.807, 2.05) is 45.0 Å². The first-order valence-electron chi connectivity index (χ1n) is 5.51. The maximum Gasteiger partial charge on any atom is 0.433 e. The Hall–Kier alpha value is -1.97. The molecule has 0 saturated heterocycles. The van der Waals surface area contributed by atoms with Crippen LogP contribution in [0.5, 0.6) is 0 Å². The third kappa shape index (κ3) is 2.78. The Labute approximate surface area is 100 Å². The summed E-state index contributed by atoms with van der Waals surface area (Å²) in [7, 11) is 0. The highest BCUT2D eigenvalue weighted by Gasteiger charge is 2.21. The van der Waals surface area contributed by atoms with Crippen molar-refractivity contribution in [3.8, 4) is 0 Å². The molecule has 1 aromatic carbocycles. The second-order valence-corrected chi connectivity index (χ2v) is 4.88. The highest BCUT2D eigenvalue weighted by atomic mass is 16.6. The minimum absolute atomic E-state index is 0.414. The van der Waals surface area contributed by atoms with E-state index in [0.717, 1.165) is 10.4 Å². The van der Waals surface area contributed by atoms with Gasteiger partial charge in [0.05, 0.1) is 0 Å². The van der Waals surface area contributed by atoms with Gasteiger partial charge in [-0.15, -0.1) is 0 Å². The fourth-order valence-electron chi connectivity index (χ4n) is 1.49. The average molecular weight is 232 g/mol. The van der Waals surface area contributed by atoms with Crippen molar-refractivity contribution in [3.05, 3.63) is 34.7 Å². The second kappa shape index (κ2) is 4.13. The van der Waals surface area contributed by atoms with Crippen LogP contribution in [0.25, 0.3) is 12.4 Å². The van der Waals surface area contributed by atoms with Crippen molar-refractivity contribution < 1.29 is 9.53 Å². The normalized spacial score (nSPS) is 13.9. The third-order valence-electron chi connectivity index (χ3n) is 2.21. The van der Waals surface area contributed by atoms with Crippen molar-refractivity contribution in [2.24, 2.45) is 0 Å². The van der Waals surface area contributed by atoms with Crippen molar-refractivity contribution in [1.82, 2.24) is 10.4 Å². The second-order valence-electron chi connectivity index (χ2n) is 4.88. The van der Waals surface area contributed by atoms with E-state index in [-0.39, 0.29) is 0 Å². The molecule has 0 fully saturated rings. The molecule has 0 bridgehead atoms. The highest BCUT2D eigenvalue weighted by molar-refractivity contribution is 5.73. The van der Waals surface area contributed by atoms with Crippen LogP contribution >= 0.6 is 0 Å². The third-order valence-corrected chi connectivity index (χ3v) is 2.21. The van der Waals surface area contributed by atoms with Crippen LogP contribution in [0.1, 0.15) is 20.8 Å². The van der Waals surface area contributed by atoms with Crippen LogP contribution in [0.15, 0.2) is 24.3 Å². The van der Waals surface area contributed by atoms with Gasteiger partial charge in [0.1, 0.15) is 5.60 Å². The minimum atomic E-state index is -0.496. The molecule has 0 atom stereocenters. The number of ether oxygens (including phenoxy) is 1. The topological polar surface area (TPSA) is 41.6 Å². The van der Waals surface area contributed by atoms with Crippen LogP contribution in [0.4, 0.5) is 4.79 Å². The predicted octanol–water partition coefficient (Wildman–Crippen LogP) is 0.918. The van der Waals surface area contributed by atoms with E-state index < -0.39 is 11.7 Å². The van der Waals surface area contributed by atoms with Gasteiger partial charge in [-0.1, -0.05) is 24.3 Å². The molecule has 1 N–H and O–H groups in total. The fourth-order valence-corrected chi connectivity index (χ4v) is 1.49. The zero-order valence-corrected chi connectivity index (χ0v) is 10.2. The molecule has 0 aliphatic carbocycles. The summed E-state index contributed by atoms with van der Waals surface area (Å²) in [6.45, 7) is 5.52. The van der Waals surface area contributed by atoms with Gasteiger partial charge in [-0.25, -0.2) is 4.79 Å². The van der Waals surface area contributed by atoms with Crippen LogP contribution in [0.3, 0.4) is 0 Å². The molecular weight excluding hydrogens is 216 g/mol. The fraction of sp³-hybridized carbons (Fsp3) is 0.308. The standard InChI is InChI=1S/C13H16N2O2/c1-13(2,3)17-12(16)15-9-11-7-5-4-6-10(11)8-14-15/h4-9,14H,1-3H3. The van der Waals surface area contributed by atoms with Crippen molar-refractivity contribution >= 4 is 18.5 Å². The van der Waals surface area contributed by atoms with Gasteiger partial charge in [0.15, 0.2) is 0 Å². The number of nitrogens with zero attached hydrogens (tertiary/aromatic N) is 1. The van der Waals surface area contributed by atoms with Crippen LogP contribution in [0, 0.1) is 0 Å². The van der Waals surface area contributed by atoms with Gasteiger partial charge >= 0.3 is 6.09 Å². The Morgan fingerprint density at radius 3 is 2.53 bits per heavy atom. The lowest BCUT2D eigenvalue weighted by Gasteiger charge is -2.26. The molecule has 1 heterocycles. The van der Waals surface area contributed by atoms with E-state index in [2.05, 4.69) is 5.43 Å². The minimum Gasteiger partial charge on any atom is -0.442 e. The first-order valence-corrected chi connectivity index (χ1v) is 5.51. The Balaban J connectivity index is 2.23. The van der Waals surface area contributed by atoms with Crippen molar-refractivity contribution in [3.63, 3.8) is 0 Å². The monoisotopic (exact) mass is 232 g/mol. The number of fused-ring (bicyclic) bond motifs is 1. The van der Waals surface area contributed by atoms with Gasteiger partial charge in [-0.2, -0.15) is 5.01 Å². The first-order chi connectivity index (χ1) is 7.96. The molecule has 4 nitrogen and oxygen atoms in total. The van der Waals surface area contributed by atoms with Gasteiger partial charge in [-0.05, 0) is 20.8 Å². The number of carbonyl (C=O) groups excluding carboxylic acids is 1. The van der Waals surface area contributed by atoms with Crippen LogP contribution < -0.4 is 15.9 Å². The zero-order chi connectivity index (χ0) is 12.5. The molecule has 1 aromatic rings. The summed E-state index contributed by atoms with van der Waals surface area (Å²) in [5, 5.41) is 3.37. The van der Waals surface area contributed by atoms with E-state index in [1.165, 1.54) is 5.01 Å². The van der Waals surface area contributed by atoms with Gasteiger partial charge in [0.2, 0.25) is 0 Å². The number of hydrazine groups is 1.